The molecule has 0 amide bonds. The number of ether oxygens (including phenoxy) is 1. The Morgan fingerprint density at radius 3 is 2.53 bits per heavy atom. The van der Waals surface area contributed by atoms with Crippen molar-refractivity contribution in [1.29, 1.82) is 0 Å². The van der Waals surface area contributed by atoms with Crippen molar-refractivity contribution in [3.05, 3.63) is 40.9 Å². The highest BCUT2D eigenvalue weighted by molar-refractivity contribution is 7.13. The van der Waals surface area contributed by atoms with Gasteiger partial charge in [-0.05, 0) is 18.6 Å². The molecule has 0 bridgehead atoms. The van der Waals surface area contributed by atoms with E-state index < -0.39 is 11.1 Å². The van der Waals surface area contributed by atoms with Gasteiger partial charge in [0.15, 0.2) is 0 Å². The van der Waals surface area contributed by atoms with Gasteiger partial charge in [0.05, 0.1) is 6.20 Å². The van der Waals surface area contributed by atoms with E-state index in [1.54, 1.807) is 12.1 Å². The van der Waals surface area contributed by atoms with Crippen LogP contribution in [0.1, 0.15) is 10.4 Å². The summed E-state index contributed by atoms with van der Waals surface area (Å²) in [6, 6.07) is 7.07. The molecule has 0 saturated heterocycles. The molecule has 1 aromatic carbocycles. The second-order valence-electron chi connectivity index (χ2n) is 3.36. The molecule has 1 heterocycles. The second kappa shape index (κ2) is 4.37. The molecule has 0 aliphatic heterocycles. The lowest BCUT2D eigenvalue weighted by Gasteiger charge is -2.04. The summed E-state index contributed by atoms with van der Waals surface area (Å²) in [5, 5.41) is -0.00775. The zero-order valence-corrected chi connectivity index (χ0v) is 9.60. The molecule has 0 unspecified atom stereocenters. The highest BCUT2D eigenvalue weighted by Crippen LogP contribution is 2.37. The zero-order chi connectivity index (χ0) is 12.5. The third-order valence-corrected chi connectivity index (χ3v) is 2.97. The maximum atomic E-state index is 12.3. The molecule has 0 saturated carbocycles. The van der Waals surface area contributed by atoms with Gasteiger partial charge in [-0.1, -0.05) is 29.5 Å². The maximum absolute atomic E-state index is 12.3. The van der Waals surface area contributed by atoms with Gasteiger partial charge in [0.25, 0.3) is 5.19 Å². The van der Waals surface area contributed by atoms with Gasteiger partial charge >= 0.3 is 6.18 Å². The fourth-order valence-electron chi connectivity index (χ4n) is 1.20. The van der Waals surface area contributed by atoms with Gasteiger partial charge in [0.1, 0.15) is 10.6 Å². The normalized spacial score (nSPS) is 11.5. The Bertz CT molecular complexity index is 521. The second-order valence-corrected chi connectivity index (χ2v) is 4.35. The summed E-state index contributed by atoms with van der Waals surface area (Å²) >= 11 is 0.485. The molecule has 0 radical (unpaired) electrons. The molecule has 2 rings (SSSR count). The van der Waals surface area contributed by atoms with E-state index in [0.29, 0.717) is 17.1 Å². The first kappa shape index (κ1) is 11.9. The highest BCUT2D eigenvalue weighted by atomic mass is 32.1. The van der Waals surface area contributed by atoms with Crippen molar-refractivity contribution in [3.63, 3.8) is 0 Å². The number of hydrogen-bond donors (Lipinski definition) is 0. The standard InChI is InChI=1S/C11H8F3NOS/c1-7-4-2-3-5-8(7)16-10-15-6-9(17-10)11(12,13)14/h2-6H,1H3. The van der Waals surface area contributed by atoms with Gasteiger partial charge in [0, 0.05) is 0 Å². The summed E-state index contributed by atoms with van der Waals surface area (Å²) in [4.78, 5) is 2.83. The number of thiazole rings is 1. The molecule has 0 N–H and O–H groups in total. The Morgan fingerprint density at radius 2 is 1.94 bits per heavy atom. The molecule has 0 spiro atoms. The fourth-order valence-corrected chi connectivity index (χ4v) is 1.85. The van der Waals surface area contributed by atoms with Crippen LogP contribution < -0.4 is 4.74 Å². The van der Waals surface area contributed by atoms with E-state index in [-0.39, 0.29) is 5.19 Å². The number of benzene rings is 1. The number of nitrogens with zero attached hydrogens (tertiary/aromatic N) is 1. The minimum Gasteiger partial charge on any atom is -0.431 e. The summed E-state index contributed by atoms with van der Waals surface area (Å²) in [6.07, 6.45) is -3.59. The molecule has 6 heteroatoms. The Labute approximate surface area is 99.7 Å². The van der Waals surface area contributed by atoms with Crippen molar-refractivity contribution in [2.45, 2.75) is 13.1 Å². The van der Waals surface area contributed by atoms with Gasteiger partial charge in [-0.2, -0.15) is 13.2 Å². The molecule has 1 aromatic heterocycles. The number of halogens is 3. The van der Waals surface area contributed by atoms with E-state index in [0.717, 1.165) is 11.8 Å². The number of para-hydroxylation sites is 1. The molecule has 0 aliphatic rings. The van der Waals surface area contributed by atoms with Crippen molar-refractivity contribution in [2.75, 3.05) is 0 Å². The predicted octanol–water partition coefficient (Wildman–Crippen LogP) is 4.26. The maximum Gasteiger partial charge on any atom is 0.427 e. The van der Waals surface area contributed by atoms with Gasteiger partial charge < -0.3 is 4.74 Å². The lowest BCUT2D eigenvalue weighted by Crippen LogP contribution is -2.00. The molecule has 0 aliphatic carbocycles. The molecule has 17 heavy (non-hydrogen) atoms. The minimum atomic E-state index is -4.37. The molecular formula is C11H8F3NOS. The topological polar surface area (TPSA) is 22.1 Å². The van der Waals surface area contributed by atoms with Gasteiger partial charge in [0.2, 0.25) is 0 Å². The average Bonchev–Trinajstić information content (AvgIpc) is 2.69. The van der Waals surface area contributed by atoms with Crippen LogP contribution in [0.25, 0.3) is 0 Å². The number of rotatable bonds is 2. The van der Waals surface area contributed by atoms with Crippen LogP contribution in [0, 0.1) is 6.92 Å². The van der Waals surface area contributed by atoms with Crippen molar-refractivity contribution < 1.29 is 17.9 Å². The van der Waals surface area contributed by atoms with E-state index in [9.17, 15) is 13.2 Å². The van der Waals surface area contributed by atoms with Crippen molar-refractivity contribution in [1.82, 2.24) is 4.98 Å². The van der Waals surface area contributed by atoms with Crippen LogP contribution in [0.5, 0.6) is 10.9 Å². The van der Waals surface area contributed by atoms with E-state index in [2.05, 4.69) is 4.98 Å². The Balaban J connectivity index is 2.21. The quantitative estimate of drug-likeness (QED) is 0.803. The Kier molecular flexibility index (Phi) is 3.06. The number of aromatic nitrogens is 1. The number of alkyl halides is 3. The largest absolute Gasteiger partial charge is 0.431 e. The van der Waals surface area contributed by atoms with Crippen molar-refractivity contribution >= 4 is 11.3 Å². The third-order valence-electron chi connectivity index (χ3n) is 2.05. The van der Waals surface area contributed by atoms with Crippen molar-refractivity contribution in [3.8, 4) is 10.9 Å². The van der Waals surface area contributed by atoms with Crippen LogP contribution in [0.15, 0.2) is 30.5 Å². The van der Waals surface area contributed by atoms with Crippen LogP contribution in [0.4, 0.5) is 13.2 Å². The molecule has 2 aromatic rings. The van der Waals surface area contributed by atoms with Crippen LogP contribution in [0.3, 0.4) is 0 Å². The minimum absolute atomic E-state index is 0.00775. The number of aryl methyl sites for hydroxylation is 1. The van der Waals surface area contributed by atoms with E-state index >= 15 is 0 Å². The molecule has 2 nitrogen and oxygen atoms in total. The Hall–Kier alpha value is -1.56. The van der Waals surface area contributed by atoms with Gasteiger partial charge in [-0.25, -0.2) is 4.98 Å². The van der Waals surface area contributed by atoms with Crippen LogP contribution >= 0.6 is 11.3 Å². The zero-order valence-electron chi connectivity index (χ0n) is 8.78. The summed E-state index contributed by atoms with van der Waals surface area (Å²) in [7, 11) is 0. The number of hydrogen-bond acceptors (Lipinski definition) is 3. The van der Waals surface area contributed by atoms with Crippen LogP contribution in [-0.2, 0) is 6.18 Å². The van der Waals surface area contributed by atoms with Crippen LogP contribution in [-0.4, -0.2) is 4.98 Å². The van der Waals surface area contributed by atoms with Gasteiger partial charge in [-0.15, -0.1) is 0 Å². The summed E-state index contributed by atoms with van der Waals surface area (Å²) in [5.74, 6) is 0.510. The van der Waals surface area contributed by atoms with Gasteiger partial charge in [-0.3, -0.25) is 0 Å². The summed E-state index contributed by atoms with van der Waals surface area (Å²) < 4.78 is 42.3. The van der Waals surface area contributed by atoms with Crippen molar-refractivity contribution in [2.24, 2.45) is 0 Å². The fraction of sp³-hybridized carbons (Fsp3) is 0.182. The molecule has 0 atom stereocenters. The van der Waals surface area contributed by atoms with E-state index in [1.807, 2.05) is 19.1 Å². The third kappa shape index (κ3) is 2.76. The summed E-state index contributed by atoms with van der Waals surface area (Å²) in [5.41, 5.74) is 0.844. The van der Waals surface area contributed by atoms with E-state index in [4.69, 9.17) is 4.74 Å². The monoisotopic (exact) mass is 259 g/mol. The molecule has 90 valence electrons. The SMILES string of the molecule is Cc1ccccc1Oc1ncc(C(F)(F)F)s1. The average molecular weight is 259 g/mol. The van der Waals surface area contributed by atoms with Crippen LogP contribution in [0.2, 0.25) is 0 Å². The Morgan fingerprint density at radius 1 is 1.24 bits per heavy atom. The molecular weight excluding hydrogens is 251 g/mol. The first-order valence-electron chi connectivity index (χ1n) is 4.73. The summed E-state index contributed by atoms with van der Waals surface area (Å²) in [6.45, 7) is 1.81. The lowest BCUT2D eigenvalue weighted by molar-refractivity contribution is -0.134. The predicted molar refractivity (Wildman–Crippen MR) is 58.4 cm³/mol. The first-order chi connectivity index (χ1) is 7.97. The molecule has 0 fully saturated rings. The lowest BCUT2D eigenvalue weighted by atomic mass is 10.2. The first-order valence-corrected chi connectivity index (χ1v) is 5.55. The smallest absolute Gasteiger partial charge is 0.427 e. The highest BCUT2D eigenvalue weighted by Gasteiger charge is 2.33. The van der Waals surface area contributed by atoms with E-state index in [1.165, 1.54) is 0 Å².